The summed E-state index contributed by atoms with van der Waals surface area (Å²) in [5.74, 6) is 0. The van der Waals surface area contributed by atoms with Crippen LogP contribution in [0.4, 0.5) is 5.69 Å². The van der Waals surface area contributed by atoms with Crippen molar-refractivity contribution in [2.75, 3.05) is 25.5 Å². The molecule has 78 valence electrons. The van der Waals surface area contributed by atoms with Crippen molar-refractivity contribution in [2.45, 2.75) is 13.5 Å². The average Bonchev–Trinajstić information content (AvgIpc) is 2.20. The second-order valence-electron chi connectivity index (χ2n) is 3.07. The summed E-state index contributed by atoms with van der Waals surface area (Å²) < 4.78 is 5.21. The van der Waals surface area contributed by atoms with E-state index in [4.69, 9.17) is 10.5 Å². The van der Waals surface area contributed by atoms with E-state index in [1.165, 1.54) is 0 Å². The molecule has 3 N–H and O–H groups in total. The monoisotopic (exact) mass is 194 g/mol. The molecule has 0 aliphatic rings. The fourth-order valence-corrected chi connectivity index (χ4v) is 1.21. The Balaban J connectivity index is 2.21. The molecular weight excluding hydrogens is 176 g/mol. The van der Waals surface area contributed by atoms with E-state index in [2.05, 4.69) is 5.32 Å². The molecule has 0 aromatic heterocycles. The zero-order valence-electron chi connectivity index (χ0n) is 8.62. The van der Waals surface area contributed by atoms with E-state index < -0.39 is 0 Å². The number of benzene rings is 1. The van der Waals surface area contributed by atoms with Gasteiger partial charge in [-0.2, -0.15) is 0 Å². The standard InChI is InChI=1S/C11H18N2O/c1-2-14-8-7-13-9-10-5-3-4-6-11(10)12/h3-6,13H,2,7-9,12H2,1H3. The lowest BCUT2D eigenvalue weighted by Crippen LogP contribution is -2.19. The van der Waals surface area contributed by atoms with Crippen LogP contribution in [0, 0.1) is 0 Å². The number of anilines is 1. The zero-order valence-corrected chi connectivity index (χ0v) is 8.62. The molecule has 1 rings (SSSR count). The molecule has 0 aliphatic heterocycles. The smallest absolute Gasteiger partial charge is 0.0590 e. The molecule has 0 atom stereocenters. The quantitative estimate of drug-likeness (QED) is 0.531. The van der Waals surface area contributed by atoms with Crippen molar-refractivity contribution in [2.24, 2.45) is 0 Å². The molecule has 0 amide bonds. The Labute approximate surface area is 85.3 Å². The molecule has 0 heterocycles. The van der Waals surface area contributed by atoms with Gasteiger partial charge in [-0.15, -0.1) is 0 Å². The lowest BCUT2D eigenvalue weighted by molar-refractivity contribution is 0.149. The van der Waals surface area contributed by atoms with Crippen molar-refractivity contribution in [3.05, 3.63) is 29.8 Å². The Morgan fingerprint density at radius 2 is 2.14 bits per heavy atom. The van der Waals surface area contributed by atoms with E-state index in [1.807, 2.05) is 31.2 Å². The molecule has 0 aliphatic carbocycles. The van der Waals surface area contributed by atoms with Crippen molar-refractivity contribution >= 4 is 5.69 Å². The predicted molar refractivity (Wildman–Crippen MR) is 59.1 cm³/mol. The van der Waals surface area contributed by atoms with Crippen molar-refractivity contribution in [3.8, 4) is 0 Å². The fraction of sp³-hybridized carbons (Fsp3) is 0.455. The average molecular weight is 194 g/mol. The lowest BCUT2D eigenvalue weighted by Gasteiger charge is -2.07. The van der Waals surface area contributed by atoms with Gasteiger partial charge in [0.15, 0.2) is 0 Å². The SMILES string of the molecule is CCOCCNCc1ccccc1N. The number of rotatable bonds is 6. The molecule has 0 bridgehead atoms. The van der Waals surface area contributed by atoms with Crippen molar-refractivity contribution < 1.29 is 4.74 Å². The van der Waals surface area contributed by atoms with Gasteiger partial charge in [-0.05, 0) is 18.6 Å². The molecule has 0 radical (unpaired) electrons. The molecule has 1 aromatic rings. The normalized spacial score (nSPS) is 10.4. The number of hydrogen-bond acceptors (Lipinski definition) is 3. The maximum absolute atomic E-state index is 5.79. The van der Waals surface area contributed by atoms with Crippen molar-refractivity contribution in [1.82, 2.24) is 5.32 Å². The molecule has 3 nitrogen and oxygen atoms in total. The maximum atomic E-state index is 5.79. The van der Waals surface area contributed by atoms with Crippen LogP contribution in [0.5, 0.6) is 0 Å². The van der Waals surface area contributed by atoms with E-state index >= 15 is 0 Å². The molecule has 14 heavy (non-hydrogen) atoms. The van der Waals surface area contributed by atoms with E-state index in [-0.39, 0.29) is 0 Å². The summed E-state index contributed by atoms with van der Waals surface area (Å²) in [7, 11) is 0. The molecular formula is C11H18N2O. The van der Waals surface area contributed by atoms with Gasteiger partial charge in [0.05, 0.1) is 6.61 Å². The minimum Gasteiger partial charge on any atom is -0.398 e. The Bertz CT molecular complexity index is 263. The minimum absolute atomic E-state index is 0.753. The molecule has 0 spiro atoms. The number of ether oxygens (including phenoxy) is 1. The first-order valence-electron chi connectivity index (χ1n) is 4.96. The predicted octanol–water partition coefficient (Wildman–Crippen LogP) is 1.39. The summed E-state index contributed by atoms with van der Waals surface area (Å²) in [5.41, 5.74) is 7.78. The lowest BCUT2D eigenvalue weighted by atomic mass is 10.2. The summed E-state index contributed by atoms with van der Waals surface area (Å²) in [6.07, 6.45) is 0. The van der Waals surface area contributed by atoms with Crippen molar-refractivity contribution in [1.29, 1.82) is 0 Å². The van der Waals surface area contributed by atoms with E-state index in [9.17, 15) is 0 Å². The molecule has 0 saturated carbocycles. The van der Waals surface area contributed by atoms with Crippen LogP contribution in [0.25, 0.3) is 0 Å². The number of para-hydroxylation sites is 1. The zero-order chi connectivity index (χ0) is 10.2. The molecule has 0 fully saturated rings. The summed E-state index contributed by atoms with van der Waals surface area (Å²) in [5, 5.41) is 3.27. The minimum atomic E-state index is 0.753. The van der Waals surface area contributed by atoms with Crippen LogP contribution in [-0.2, 0) is 11.3 Å². The van der Waals surface area contributed by atoms with Crippen LogP contribution < -0.4 is 11.1 Å². The Hall–Kier alpha value is -1.06. The first-order chi connectivity index (χ1) is 6.84. The maximum Gasteiger partial charge on any atom is 0.0590 e. The van der Waals surface area contributed by atoms with Gasteiger partial charge in [0, 0.05) is 25.4 Å². The Morgan fingerprint density at radius 1 is 1.36 bits per heavy atom. The van der Waals surface area contributed by atoms with Crippen LogP contribution >= 0.6 is 0 Å². The van der Waals surface area contributed by atoms with Crippen LogP contribution in [0.3, 0.4) is 0 Å². The van der Waals surface area contributed by atoms with Gasteiger partial charge < -0.3 is 15.8 Å². The first kappa shape index (κ1) is 11.0. The second kappa shape index (κ2) is 6.40. The van der Waals surface area contributed by atoms with Gasteiger partial charge in [0.25, 0.3) is 0 Å². The summed E-state index contributed by atoms with van der Waals surface area (Å²) in [6, 6.07) is 7.89. The third kappa shape index (κ3) is 3.77. The molecule has 1 aromatic carbocycles. The second-order valence-corrected chi connectivity index (χ2v) is 3.07. The van der Waals surface area contributed by atoms with Crippen LogP contribution in [0.15, 0.2) is 24.3 Å². The van der Waals surface area contributed by atoms with Gasteiger partial charge >= 0.3 is 0 Å². The van der Waals surface area contributed by atoms with Gasteiger partial charge in [-0.1, -0.05) is 18.2 Å². The summed E-state index contributed by atoms with van der Waals surface area (Å²) >= 11 is 0. The first-order valence-corrected chi connectivity index (χ1v) is 4.96. The highest BCUT2D eigenvalue weighted by Gasteiger charge is 1.95. The number of hydrogen-bond donors (Lipinski definition) is 2. The third-order valence-electron chi connectivity index (χ3n) is 2.00. The molecule has 0 saturated heterocycles. The fourth-order valence-electron chi connectivity index (χ4n) is 1.21. The number of nitrogens with two attached hydrogens (primary N) is 1. The van der Waals surface area contributed by atoms with Gasteiger partial charge in [-0.25, -0.2) is 0 Å². The van der Waals surface area contributed by atoms with Crippen LogP contribution in [0.1, 0.15) is 12.5 Å². The molecule has 3 heteroatoms. The Kier molecular flexibility index (Phi) is 5.04. The highest BCUT2D eigenvalue weighted by molar-refractivity contribution is 5.46. The van der Waals surface area contributed by atoms with E-state index in [0.717, 1.165) is 37.6 Å². The third-order valence-corrected chi connectivity index (χ3v) is 2.00. The Morgan fingerprint density at radius 3 is 2.86 bits per heavy atom. The highest BCUT2D eigenvalue weighted by Crippen LogP contribution is 2.09. The van der Waals surface area contributed by atoms with E-state index in [0.29, 0.717) is 0 Å². The van der Waals surface area contributed by atoms with Crippen molar-refractivity contribution in [3.63, 3.8) is 0 Å². The highest BCUT2D eigenvalue weighted by atomic mass is 16.5. The summed E-state index contributed by atoms with van der Waals surface area (Å²) in [4.78, 5) is 0. The van der Waals surface area contributed by atoms with E-state index in [1.54, 1.807) is 0 Å². The van der Waals surface area contributed by atoms with Gasteiger partial charge in [-0.3, -0.25) is 0 Å². The summed E-state index contributed by atoms with van der Waals surface area (Å²) in [6.45, 7) is 5.19. The van der Waals surface area contributed by atoms with Gasteiger partial charge in [0.2, 0.25) is 0 Å². The van der Waals surface area contributed by atoms with Gasteiger partial charge in [0.1, 0.15) is 0 Å². The van der Waals surface area contributed by atoms with Crippen LogP contribution in [0.2, 0.25) is 0 Å². The number of nitrogens with one attached hydrogen (secondary N) is 1. The molecule has 0 unspecified atom stereocenters. The topological polar surface area (TPSA) is 47.3 Å². The number of nitrogen functional groups attached to an aromatic ring is 1. The van der Waals surface area contributed by atoms with Crippen LogP contribution in [-0.4, -0.2) is 19.8 Å². The largest absolute Gasteiger partial charge is 0.398 e.